The van der Waals surface area contributed by atoms with Crippen LogP contribution in [0.4, 0.5) is 0 Å². The van der Waals surface area contributed by atoms with Crippen molar-refractivity contribution in [1.82, 2.24) is 30.2 Å². The second kappa shape index (κ2) is 13.5. The van der Waals surface area contributed by atoms with Gasteiger partial charge in [-0.25, -0.2) is 14.7 Å². The number of nitrogens with one attached hydrogen (secondary N) is 2. The summed E-state index contributed by atoms with van der Waals surface area (Å²) in [7, 11) is 0. The monoisotopic (exact) mass is 614 g/mol. The zero-order chi connectivity index (χ0) is 31.3. The van der Waals surface area contributed by atoms with E-state index < -0.39 is 11.8 Å². The topological polar surface area (TPSA) is 89.4 Å². The molecule has 11 nitrogen and oxygen atoms in total. The fraction of sp³-hybridized carbons (Fsp3) is 0.471. The van der Waals surface area contributed by atoms with Gasteiger partial charge < -0.3 is 39.7 Å². The van der Waals surface area contributed by atoms with Crippen molar-refractivity contribution in [2.24, 2.45) is 9.98 Å². The summed E-state index contributed by atoms with van der Waals surface area (Å²) < 4.78 is 22.0. The lowest BCUT2D eigenvalue weighted by Crippen LogP contribution is -2.76. The molecule has 0 spiro atoms. The van der Waals surface area contributed by atoms with Gasteiger partial charge in [0.1, 0.15) is 11.5 Å². The van der Waals surface area contributed by atoms with Gasteiger partial charge in [-0.3, -0.25) is 0 Å². The minimum absolute atomic E-state index is 0.0293. The first-order valence-electron chi connectivity index (χ1n) is 16.1. The molecule has 11 heteroatoms. The van der Waals surface area contributed by atoms with Crippen LogP contribution in [-0.4, -0.2) is 108 Å². The highest BCUT2D eigenvalue weighted by molar-refractivity contribution is 5.94. The minimum Gasteiger partial charge on any atom is -0.438 e. The van der Waals surface area contributed by atoms with Crippen LogP contribution < -0.4 is 20.1 Å². The van der Waals surface area contributed by atoms with Gasteiger partial charge in [0.25, 0.3) is 0 Å². The number of hydrogen-bond donors (Lipinski definition) is 2. The van der Waals surface area contributed by atoms with Gasteiger partial charge in [-0.1, -0.05) is 36.4 Å². The van der Waals surface area contributed by atoms with Crippen molar-refractivity contribution in [2.75, 3.05) is 52.4 Å². The van der Waals surface area contributed by atoms with E-state index in [0.29, 0.717) is 23.2 Å². The summed E-state index contributed by atoms with van der Waals surface area (Å²) in [6.07, 6.45) is 7.58. The molecule has 2 atom stereocenters. The number of hydrogen-bond acceptors (Lipinski definition) is 11. The Morgan fingerprint density at radius 3 is 1.33 bits per heavy atom. The third kappa shape index (κ3) is 6.25. The van der Waals surface area contributed by atoms with Gasteiger partial charge in [0.05, 0.1) is 0 Å². The maximum Gasteiger partial charge on any atom is 0.362 e. The lowest BCUT2D eigenvalue weighted by atomic mass is 10.1. The van der Waals surface area contributed by atoms with E-state index in [1.165, 1.54) is 0 Å². The Hall–Kier alpha value is -4.06. The van der Waals surface area contributed by atoms with Crippen LogP contribution in [0.2, 0.25) is 0 Å². The second-order valence-corrected chi connectivity index (χ2v) is 12.1. The maximum absolute atomic E-state index is 7.71. The third-order valence-electron chi connectivity index (χ3n) is 8.31. The van der Waals surface area contributed by atoms with E-state index >= 15 is 0 Å². The van der Waals surface area contributed by atoms with Crippen molar-refractivity contribution in [1.29, 1.82) is 0 Å². The molecule has 2 aromatic rings. The van der Waals surface area contributed by atoms with Crippen molar-refractivity contribution < 1.29 is 14.2 Å². The highest BCUT2D eigenvalue weighted by Crippen LogP contribution is 2.40. The van der Waals surface area contributed by atoms with Gasteiger partial charge >= 0.3 is 11.8 Å². The number of amidine groups is 2. The Morgan fingerprint density at radius 1 is 0.600 bits per heavy atom. The van der Waals surface area contributed by atoms with Gasteiger partial charge in [0, 0.05) is 89.2 Å². The summed E-state index contributed by atoms with van der Waals surface area (Å²) in [5.74, 6) is -0.443. The molecule has 4 aliphatic rings. The molecule has 0 aromatic heterocycles. The number of para-hydroxylation sites is 2. The van der Waals surface area contributed by atoms with E-state index in [1.54, 1.807) is 0 Å². The summed E-state index contributed by atoms with van der Waals surface area (Å²) in [5, 5.41) is 6.95. The molecule has 6 rings (SSSR count). The molecule has 0 bridgehead atoms. The average Bonchev–Trinajstić information content (AvgIpc) is 3.06. The Bertz CT molecular complexity index is 1280. The van der Waals surface area contributed by atoms with E-state index in [2.05, 4.69) is 57.9 Å². The lowest BCUT2D eigenvalue weighted by molar-refractivity contribution is -0.347. The summed E-state index contributed by atoms with van der Waals surface area (Å²) >= 11 is 0. The van der Waals surface area contributed by atoms with E-state index in [4.69, 9.17) is 24.2 Å². The quantitative estimate of drug-likeness (QED) is 0.434. The number of ether oxygens (including phenoxy) is 3. The number of benzene rings is 2. The van der Waals surface area contributed by atoms with E-state index in [-0.39, 0.29) is 12.1 Å². The third-order valence-corrected chi connectivity index (χ3v) is 8.31. The lowest BCUT2D eigenvalue weighted by Gasteiger charge is -2.55. The van der Waals surface area contributed by atoms with Crippen LogP contribution in [0.1, 0.15) is 27.7 Å². The van der Waals surface area contributed by atoms with E-state index in [1.807, 2.05) is 85.5 Å². The summed E-state index contributed by atoms with van der Waals surface area (Å²) in [4.78, 5) is 18.8. The number of rotatable bonds is 8. The Kier molecular flexibility index (Phi) is 9.29. The molecule has 2 saturated heterocycles. The van der Waals surface area contributed by atoms with Crippen LogP contribution in [0, 0.1) is 0 Å². The number of nitrogens with zero attached hydrogens (tertiary/aromatic N) is 6. The predicted molar refractivity (Wildman–Crippen MR) is 177 cm³/mol. The molecule has 2 fully saturated rings. The van der Waals surface area contributed by atoms with Gasteiger partial charge in [-0.15, -0.1) is 0 Å². The van der Waals surface area contributed by atoms with Crippen molar-refractivity contribution in [3.63, 3.8) is 0 Å². The first-order chi connectivity index (χ1) is 21.9. The highest BCUT2D eigenvalue weighted by atomic mass is 16.8. The minimum atomic E-state index is -1.54. The molecule has 2 aromatic carbocycles. The summed E-state index contributed by atoms with van der Waals surface area (Å²) in [6.45, 7) is 14.8. The van der Waals surface area contributed by atoms with Gasteiger partial charge in [0.2, 0.25) is 11.7 Å². The average molecular weight is 615 g/mol. The zero-order valence-electron chi connectivity index (χ0n) is 26.8. The fourth-order valence-corrected chi connectivity index (χ4v) is 6.20. The smallest absolute Gasteiger partial charge is 0.362 e. The molecular formula is C34H46N8O3. The van der Waals surface area contributed by atoms with Crippen molar-refractivity contribution in [3.05, 3.63) is 85.5 Å². The summed E-state index contributed by atoms with van der Waals surface area (Å²) in [6, 6.07) is 19.6. The molecule has 2 unspecified atom stereocenters. The molecule has 240 valence electrons. The van der Waals surface area contributed by atoms with Gasteiger partial charge in [-0.05, 0) is 52.0 Å². The maximum atomic E-state index is 7.71. The van der Waals surface area contributed by atoms with Crippen molar-refractivity contribution >= 4 is 11.7 Å². The fourth-order valence-electron chi connectivity index (χ4n) is 6.20. The molecule has 2 N–H and O–H groups in total. The largest absolute Gasteiger partial charge is 0.438 e. The molecule has 0 saturated carbocycles. The van der Waals surface area contributed by atoms with Crippen LogP contribution in [0.25, 0.3) is 0 Å². The van der Waals surface area contributed by atoms with E-state index in [0.717, 1.165) is 52.4 Å². The van der Waals surface area contributed by atoms with Gasteiger partial charge in [-0.2, -0.15) is 0 Å². The molecule has 0 radical (unpaired) electrons. The Balaban J connectivity index is 1.59. The Labute approximate surface area is 266 Å². The van der Waals surface area contributed by atoms with Crippen molar-refractivity contribution in [3.8, 4) is 11.5 Å². The normalized spacial score (nSPS) is 25.5. The second-order valence-electron chi connectivity index (χ2n) is 12.1. The molecule has 4 aliphatic heterocycles. The Morgan fingerprint density at radius 2 is 0.978 bits per heavy atom. The summed E-state index contributed by atoms with van der Waals surface area (Å²) in [5.41, 5.74) is 0. The number of piperazine rings is 2. The standard InChI is InChI=1S/C34H46N8O3/c1-27(2)41-25-19-37-31(39-21-15-35-16-22-39)33(41,43-29-11-7-5-8-12-29)45-34(44-30-13-9-6-10-14-30)32(40-23-17-36-18-24-40)38-20-26-42(34)28(3)4/h5-14,19-20,25-28,35-36H,15-18,21-24H2,1-4H3. The van der Waals surface area contributed by atoms with Gasteiger partial charge in [0.15, 0.2) is 0 Å². The first-order valence-corrected chi connectivity index (χ1v) is 16.1. The van der Waals surface area contributed by atoms with Crippen LogP contribution in [0.3, 0.4) is 0 Å². The van der Waals surface area contributed by atoms with Crippen LogP contribution >= 0.6 is 0 Å². The molecule has 0 aliphatic carbocycles. The molecule has 0 amide bonds. The molecule has 45 heavy (non-hydrogen) atoms. The van der Waals surface area contributed by atoms with Crippen LogP contribution in [0.15, 0.2) is 95.4 Å². The van der Waals surface area contributed by atoms with Crippen LogP contribution in [0.5, 0.6) is 11.5 Å². The van der Waals surface area contributed by atoms with Crippen molar-refractivity contribution in [2.45, 2.75) is 51.6 Å². The van der Waals surface area contributed by atoms with E-state index in [9.17, 15) is 0 Å². The molecule has 4 heterocycles. The first kappa shape index (κ1) is 30.9. The highest BCUT2D eigenvalue weighted by Gasteiger charge is 2.62. The SMILES string of the molecule is CC(C)N1C=CN=C(N2CCNCC2)C1(Oc1ccccc1)OC1(Oc2ccccc2)C(N2CCNCC2)=NC=CN1C(C)C. The molecular weight excluding hydrogens is 568 g/mol. The predicted octanol–water partition coefficient (Wildman–Crippen LogP) is 3.47. The zero-order valence-corrected chi connectivity index (χ0v) is 26.8. The van der Waals surface area contributed by atoms with Crippen LogP contribution in [-0.2, 0) is 4.74 Å². The number of aliphatic imine (C=N–C) groups is 2.